The third-order valence-electron chi connectivity index (χ3n) is 5.67. The topological polar surface area (TPSA) is 53.9 Å². The lowest BCUT2D eigenvalue weighted by molar-refractivity contribution is -0.880. The zero-order valence-electron chi connectivity index (χ0n) is 16.9. The minimum absolute atomic E-state index is 0.395. The zero-order chi connectivity index (χ0) is 19.8. The van der Waals surface area contributed by atoms with E-state index in [4.69, 9.17) is 0 Å². The number of anilines is 2. The van der Waals surface area contributed by atoms with E-state index in [1.807, 2.05) is 58.0 Å². The van der Waals surface area contributed by atoms with Crippen molar-refractivity contribution < 1.29 is 13.3 Å². The summed E-state index contributed by atoms with van der Waals surface area (Å²) in [5.41, 5.74) is 5.34. The van der Waals surface area contributed by atoms with Gasteiger partial charge in [0.15, 0.2) is 0 Å². The molecule has 0 atom stereocenters. The van der Waals surface area contributed by atoms with Gasteiger partial charge in [-0.25, -0.2) is 8.42 Å². The number of benzene rings is 2. The van der Waals surface area contributed by atoms with Gasteiger partial charge in [-0.2, -0.15) is 0 Å². The first-order valence-corrected chi connectivity index (χ1v) is 10.9. The Bertz CT molecular complexity index is 903. The lowest BCUT2D eigenvalue weighted by Gasteiger charge is -2.31. The van der Waals surface area contributed by atoms with Gasteiger partial charge in [-0.05, 0) is 74.2 Å². The molecule has 2 aromatic carbocycles. The Kier molecular flexibility index (Phi) is 5.49. The fourth-order valence-electron chi connectivity index (χ4n) is 3.68. The van der Waals surface area contributed by atoms with E-state index < -0.39 is 10.0 Å². The van der Waals surface area contributed by atoms with Crippen LogP contribution in [0, 0.1) is 27.7 Å². The van der Waals surface area contributed by atoms with Crippen molar-refractivity contribution in [2.45, 2.75) is 32.6 Å². The third-order valence-corrected chi connectivity index (χ3v) is 7.32. The van der Waals surface area contributed by atoms with Crippen molar-refractivity contribution in [2.75, 3.05) is 42.8 Å². The molecule has 2 N–H and O–H groups in total. The van der Waals surface area contributed by atoms with E-state index in [9.17, 15) is 8.42 Å². The Balaban J connectivity index is 1.83. The van der Waals surface area contributed by atoms with Crippen LogP contribution in [0.2, 0.25) is 0 Å². The number of sulfonamides is 1. The summed E-state index contributed by atoms with van der Waals surface area (Å²) >= 11 is 0. The standard InChI is InChI=1S/C21H29N3O2S/c1-15-14-16(2)18(4)21(17(15)3)27(25,26)22-19-6-8-20(9-7-19)24-12-10-23(5)11-13-24/h6-9,14,22H,10-13H2,1-5H3/p+1. The Morgan fingerprint density at radius 2 is 1.44 bits per heavy atom. The largest absolute Gasteiger partial charge is 0.360 e. The van der Waals surface area contributed by atoms with Crippen molar-refractivity contribution in [3.05, 3.63) is 52.6 Å². The van der Waals surface area contributed by atoms with E-state index in [1.54, 1.807) is 4.90 Å². The van der Waals surface area contributed by atoms with Crippen molar-refractivity contribution >= 4 is 21.4 Å². The Morgan fingerprint density at radius 1 is 0.926 bits per heavy atom. The molecule has 6 heteroatoms. The summed E-state index contributed by atoms with van der Waals surface area (Å²) in [5, 5.41) is 0. The number of likely N-dealkylation sites (N-methyl/N-ethyl adjacent to an activating group) is 1. The molecule has 2 aromatic rings. The van der Waals surface area contributed by atoms with E-state index in [0.717, 1.165) is 54.1 Å². The predicted octanol–water partition coefficient (Wildman–Crippen LogP) is 2.06. The molecule has 27 heavy (non-hydrogen) atoms. The van der Waals surface area contributed by atoms with Crippen LogP contribution >= 0.6 is 0 Å². The number of nitrogens with zero attached hydrogens (tertiary/aromatic N) is 1. The van der Waals surface area contributed by atoms with E-state index in [1.165, 1.54) is 0 Å². The molecular weight excluding hydrogens is 358 g/mol. The van der Waals surface area contributed by atoms with Crippen molar-refractivity contribution in [2.24, 2.45) is 0 Å². The molecule has 146 valence electrons. The Morgan fingerprint density at radius 3 is 1.96 bits per heavy atom. The minimum Gasteiger partial charge on any atom is -0.360 e. The fourth-order valence-corrected chi connectivity index (χ4v) is 5.35. The molecule has 0 unspecified atom stereocenters. The molecule has 1 aliphatic heterocycles. The van der Waals surface area contributed by atoms with Gasteiger partial charge in [0.25, 0.3) is 10.0 Å². The molecule has 0 bridgehead atoms. The molecule has 3 rings (SSSR count). The van der Waals surface area contributed by atoms with Gasteiger partial charge in [-0.1, -0.05) is 6.07 Å². The summed E-state index contributed by atoms with van der Waals surface area (Å²) in [7, 11) is -1.42. The van der Waals surface area contributed by atoms with E-state index >= 15 is 0 Å². The van der Waals surface area contributed by atoms with Crippen LogP contribution in [-0.4, -0.2) is 41.6 Å². The maximum atomic E-state index is 13.0. The second kappa shape index (κ2) is 7.52. The number of nitrogens with one attached hydrogen (secondary N) is 2. The number of quaternary nitrogens is 1. The van der Waals surface area contributed by atoms with Crippen molar-refractivity contribution in [1.82, 2.24) is 0 Å². The maximum Gasteiger partial charge on any atom is 0.262 e. The highest BCUT2D eigenvalue weighted by Gasteiger charge is 2.22. The molecule has 1 fully saturated rings. The molecule has 1 aliphatic rings. The minimum atomic E-state index is -3.63. The normalized spacial score (nSPS) is 15.8. The summed E-state index contributed by atoms with van der Waals surface area (Å²) in [6, 6.07) is 9.74. The van der Waals surface area contributed by atoms with Crippen LogP contribution in [0.3, 0.4) is 0 Å². The first-order chi connectivity index (χ1) is 12.7. The monoisotopic (exact) mass is 388 g/mol. The second-order valence-electron chi connectivity index (χ2n) is 7.69. The smallest absolute Gasteiger partial charge is 0.262 e. The molecule has 0 aliphatic carbocycles. The zero-order valence-corrected chi connectivity index (χ0v) is 17.7. The van der Waals surface area contributed by atoms with Gasteiger partial charge < -0.3 is 9.80 Å². The number of hydrogen-bond acceptors (Lipinski definition) is 3. The van der Waals surface area contributed by atoms with E-state index in [-0.39, 0.29) is 0 Å². The Hall–Kier alpha value is -2.05. The van der Waals surface area contributed by atoms with Gasteiger partial charge in [0.1, 0.15) is 0 Å². The van der Waals surface area contributed by atoms with Gasteiger partial charge in [-0.3, -0.25) is 4.72 Å². The number of hydrogen-bond donors (Lipinski definition) is 2. The molecule has 0 radical (unpaired) electrons. The summed E-state index contributed by atoms with van der Waals surface area (Å²) in [5.74, 6) is 0. The van der Waals surface area contributed by atoms with Crippen LogP contribution in [0.5, 0.6) is 0 Å². The van der Waals surface area contributed by atoms with E-state index in [2.05, 4.69) is 16.7 Å². The first-order valence-electron chi connectivity index (χ1n) is 9.45. The van der Waals surface area contributed by atoms with Crippen LogP contribution in [0.15, 0.2) is 35.2 Å². The van der Waals surface area contributed by atoms with Crippen LogP contribution in [-0.2, 0) is 10.0 Å². The fraction of sp³-hybridized carbons (Fsp3) is 0.429. The molecule has 1 saturated heterocycles. The van der Waals surface area contributed by atoms with Gasteiger partial charge >= 0.3 is 0 Å². The Labute approximate surface area is 163 Å². The van der Waals surface area contributed by atoms with Crippen molar-refractivity contribution in [3.63, 3.8) is 0 Å². The first kappa shape index (κ1) is 19.7. The van der Waals surface area contributed by atoms with Crippen LogP contribution in [0.4, 0.5) is 11.4 Å². The highest BCUT2D eigenvalue weighted by atomic mass is 32.2. The average molecular weight is 389 g/mol. The lowest BCUT2D eigenvalue weighted by Crippen LogP contribution is -3.12. The van der Waals surface area contributed by atoms with Gasteiger partial charge in [0, 0.05) is 11.4 Å². The van der Waals surface area contributed by atoms with Crippen LogP contribution < -0.4 is 14.5 Å². The molecule has 0 spiro atoms. The molecule has 0 amide bonds. The molecule has 0 saturated carbocycles. The van der Waals surface area contributed by atoms with Gasteiger partial charge in [-0.15, -0.1) is 0 Å². The number of rotatable bonds is 4. The van der Waals surface area contributed by atoms with Crippen LogP contribution in [0.25, 0.3) is 0 Å². The SMILES string of the molecule is Cc1cc(C)c(C)c(S(=O)(=O)Nc2ccc(N3CC[NH+](C)CC3)cc2)c1C. The highest BCUT2D eigenvalue weighted by Crippen LogP contribution is 2.28. The summed E-state index contributed by atoms with van der Waals surface area (Å²) < 4.78 is 28.8. The maximum absolute atomic E-state index is 13.0. The summed E-state index contributed by atoms with van der Waals surface area (Å²) in [6.45, 7) is 11.9. The predicted molar refractivity (Wildman–Crippen MR) is 111 cm³/mol. The molecule has 1 heterocycles. The number of aryl methyl sites for hydroxylation is 2. The summed E-state index contributed by atoms with van der Waals surface area (Å²) in [4.78, 5) is 4.30. The third kappa shape index (κ3) is 4.12. The average Bonchev–Trinajstić information content (AvgIpc) is 2.61. The lowest BCUT2D eigenvalue weighted by atomic mass is 10.0. The molecule has 0 aromatic heterocycles. The van der Waals surface area contributed by atoms with Gasteiger partial charge in [0.2, 0.25) is 0 Å². The second-order valence-corrected chi connectivity index (χ2v) is 9.31. The van der Waals surface area contributed by atoms with Crippen molar-refractivity contribution in [1.29, 1.82) is 0 Å². The highest BCUT2D eigenvalue weighted by molar-refractivity contribution is 7.92. The molecular formula is C21H30N3O2S+. The summed E-state index contributed by atoms with van der Waals surface area (Å²) in [6.07, 6.45) is 0. The van der Waals surface area contributed by atoms with Gasteiger partial charge in [0.05, 0.1) is 38.1 Å². The van der Waals surface area contributed by atoms with Crippen LogP contribution in [0.1, 0.15) is 22.3 Å². The quantitative estimate of drug-likeness (QED) is 0.843. The molecule has 5 nitrogen and oxygen atoms in total. The number of piperazine rings is 1. The van der Waals surface area contributed by atoms with Crippen molar-refractivity contribution in [3.8, 4) is 0 Å². The van der Waals surface area contributed by atoms with E-state index in [0.29, 0.717) is 10.6 Å².